The molecule has 4 aliphatic rings. The molecule has 26 heteroatoms. The highest BCUT2D eigenvalue weighted by Crippen LogP contribution is 2.38. The van der Waals surface area contributed by atoms with Gasteiger partial charge < -0.3 is 55.6 Å². The van der Waals surface area contributed by atoms with E-state index in [1.54, 1.807) is 26.0 Å². The summed E-state index contributed by atoms with van der Waals surface area (Å²) in [7, 11) is 8.51. The first-order valence-electron chi connectivity index (χ1n) is 33.1. The summed E-state index contributed by atoms with van der Waals surface area (Å²) in [6, 6.07) is 1.13. The number of halogens is 4. The minimum absolute atomic E-state index is 0.0472. The molecule has 1 spiro atoms. The molecule has 2 aliphatic carbocycles. The largest absolute Gasteiger partial charge is 0.417 e. The summed E-state index contributed by atoms with van der Waals surface area (Å²) in [5.41, 5.74) is -0.701. The van der Waals surface area contributed by atoms with E-state index in [4.69, 9.17) is 11.6 Å². The molecule has 11 amide bonds. The number of hydrogen-bond donors (Lipinski definition) is 4. The van der Waals surface area contributed by atoms with Gasteiger partial charge in [-0.2, -0.15) is 13.2 Å². The number of alkyl halides is 3. The van der Waals surface area contributed by atoms with Gasteiger partial charge in [0.1, 0.15) is 47.8 Å². The van der Waals surface area contributed by atoms with E-state index in [9.17, 15) is 56.3 Å². The standard InChI is InChI=1S/C68H99ClF3N11O11/c1-14-42(5)57-65(93)78(9)38-55(85)77(8)39-56(86)81(12)53(37-46-25-23-41(4)24-26-46)64(92)79(10)44(7)59(87)74-50(30-28-45-27-29-48(49(69)36-45)68(70,71)72)63(91)83-33-19-22-51(83)61(89)76-67(31-17-18-32-67)66(94)82(13)58(47-20-15-16-21-47)62(90)73-43(6)35-54(84)80(11)52(34-40(2)3)60(88)75-57/h23-27,29,36,40,42-44,47,50-53,57-58H,14-22,28,30-35,37-39H2,1-13H3,(H,73,90)(H,74,87)(H,75,88)(H,76,89)/t42-,43+,44+,50-,51-,52-,53-,57-,58-/m0/s1. The minimum atomic E-state index is -4.76. The molecular formula is C68H99ClF3N11O11. The molecule has 94 heavy (non-hydrogen) atoms. The van der Waals surface area contributed by atoms with Crippen molar-refractivity contribution in [3.63, 3.8) is 0 Å². The van der Waals surface area contributed by atoms with Gasteiger partial charge >= 0.3 is 6.18 Å². The van der Waals surface area contributed by atoms with Crippen molar-refractivity contribution in [3.8, 4) is 0 Å². The zero-order valence-corrected chi connectivity index (χ0v) is 57.7. The molecule has 520 valence electrons. The third kappa shape index (κ3) is 18.8. The number of fused-ring (bicyclic) bond motifs is 1. The van der Waals surface area contributed by atoms with Crippen LogP contribution in [0.15, 0.2) is 42.5 Å². The summed E-state index contributed by atoms with van der Waals surface area (Å²) >= 11 is 6.14. The van der Waals surface area contributed by atoms with Gasteiger partial charge in [0, 0.05) is 67.7 Å². The Bertz CT molecular complexity index is 3090. The summed E-state index contributed by atoms with van der Waals surface area (Å²) in [4.78, 5) is 170. The summed E-state index contributed by atoms with van der Waals surface area (Å²) in [6.07, 6.45) is 0.209. The van der Waals surface area contributed by atoms with Crippen LogP contribution >= 0.6 is 11.6 Å². The van der Waals surface area contributed by atoms with Gasteiger partial charge in [-0.25, -0.2) is 0 Å². The van der Waals surface area contributed by atoms with E-state index >= 15 is 9.59 Å². The number of aryl methyl sites for hydroxylation is 2. The summed E-state index contributed by atoms with van der Waals surface area (Å²) in [5.74, 6) is -7.78. The second-order valence-corrected chi connectivity index (χ2v) is 27.6. The average molecular weight is 1340 g/mol. The SMILES string of the molecule is CC[C@H](C)[C@@H]1NC(=O)[C@H](CC(C)C)N(C)C(=O)C[C@@H](C)NC(=O)[C@H](C2CCCC2)N(C)C(=O)C2(CCCC2)NC(=O)[C@@H]2CCCN2C(=O)[C@H](CCc2ccc(C(F)(F)F)c(Cl)c2)NC(=O)[C@@H](C)N(C)C(=O)[C@H](Cc2ccc(C)cc2)N(C)C(=O)CN(C)C(=O)CN(C)C1=O. The maximum Gasteiger partial charge on any atom is 0.417 e. The van der Waals surface area contributed by atoms with Crippen molar-refractivity contribution in [1.29, 1.82) is 0 Å². The van der Waals surface area contributed by atoms with Crippen LogP contribution in [-0.2, 0) is 71.8 Å². The number of benzene rings is 2. The Morgan fingerprint density at radius 2 is 1.24 bits per heavy atom. The number of carbonyl (C=O) groups excluding carboxylic acids is 11. The lowest BCUT2D eigenvalue weighted by atomic mass is 9.90. The van der Waals surface area contributed by atoms with Crippen LogP contribution in [-0.4, -0.2) is 215 Å². The third-order valence-electron chi connectivity index (χ3n) is 19.7. The predicted molar refractivity (Wildman–Crippen MR) is 348 cm³/mol. The zero-order valence-electron chi connectivity index (χ0n) is 57.0. The van der Waals surface area contributed by atoms with Crippen LogP contribution in [0.1, 0.15) is 154 Å². The number of amides is 11. The van der Waals surface area contributed by atoms with E-state index in [0.29, 0.717) is 49.7 Å². The topological polar surface area (TPSA) is 259 Å². The predicted octanol–water partition coefficient (Wildman–Crippen LogP) is 5.67. The molecule has 2 saturated carbocycles. The van der Waals surface area contributed by atoms with Crippen molar-refractivity contribution in [2.45, 2.75) is 211 Å². The van der Waals surface area contributed by atoms with Gasteiger partial charge in [0.25, 0.3) is 0 Å². The summed E-state index contributed by atoms with van der Waals surface area (Å²) < 4.78 is 41.5. The Kier molecular flexibility index (Phi) is 26.5. The van der Waals surface area contributed by atoms with Crippen LogP contribution in [0.5, 0.6) is 0 Å². The van der Waals surface area contributed by atoms with Crippen molar-refractivity contribution in [1.82, 2.24) is 55.6 Å². The van der Waals surface area contributed by atoms with Crippen LogP contribution in [0, 0.1) is 24.7 Å². The Balaban J connectivity index is 1.40. The second kappa shape index (κ2) is 32.9. The minimum Gasteiger partial charge on any atom is -0.351 e. The fraction of sp³-hybridized carbons (Fsp3) is 0.662. The number of likely N-dealkylation sites (N-methyl/N-ethyl adjacent to an activating group) is 6. The Hall–Kier alpha value is -7.31. The number of hydrogen-bond acceptors (Lipinski definition) is 11. The maximum absolute atomic E-state index is 15.3. The van der Waals surface area contributed by atoms with E-state index in [1.165, 1.54) is 74.9 Å². The number of rotatable bonds is 10. The molecule has 0 aromatic heterocycles. The lowest BCUT2D eigenvalue weighted by molar-refractivity contribution is -0.150. The van der Waals surface area contributed by atoms with Crippen LogP contribution in [0.4, 0.5) is 13.2 Å². The molecule has 22 nitrogen and oxygen atoms in total. The highest BCUT2D eigenvalue weighted by atomic mass is 35.5. The van der Waals surface area contributed by atoms with Gasteiger partial charge in [-0.3, -0.25) is 52.7 Å². The first-order chi connectivity index (χ1) is 44.1. The molecule has 6 rings (SSSR count). The van der Waals surface area contributed by atoms with Gasteiger partial charge in [0.2, 0.25) is 65.0 Å². The van der Waals surface area contributed by atoms with E-state index < -0.39 is 155 Å². The number of nitrogens with one attached hydrogen (secondary N) is 4. The van der Waals surface area contributed by atoms with E-state index in [1.807, 2.05) is 39.8 Å². The molecule has 2 heterocycles. The van der Waals surface area contributed by atoms with Gasteiger partial charge in [-0.05, 0) is 120 Å². The molecule has 4 N–H and O–H groups in total. The molecule has 0 unspecified atom stereocenters. The normalized spacial score (nSPS) is 26.3. The summed E-state index contributed by atoms with van der Waals surface area (Å²) in [6.45, 7) is 11.3. The van der Waals surface area contributed by atoms with Crippen molar-refractivity contribution in [2.24, 2.45) is 17.8 Å². The fourth-order valence-corrected chi connectivity index (χ4v) is 13.7. The molecule has 2 aromatic carbocycles. The quantitative estimate of drug-likeness (QED) is 0.225. The molecule has 0 radical (unpaired) electrons. The smallest absolute Gasteiger partial charge is 0.351 e. The van der Waals surface area contributed by atoms with Gasteiger partial charge in [0.15, 0.2) is 0 Å². The molecule has 2 aliphatic heterocycles. The lowest BCUT2D eigenvalue weighted by Gasteiger charge is -2.40. The van der Waals surface area contributed by atoms with Crippen molar-refractivity contribution in [3.05, 3.63) is 69.7 Å². The van der Waals surface area contributed by atoms with Gasteiger partial charge in [0.05, 0.1) is 23.7 Å². The van der Waals surface area contributed by atoms with Crippen LogP contribution in [0.25, 0.3) is 0 Å². The zero-order chi connectivity index (χ0) is 69.8. The summed E-state index contributed by atoms with van der Waals surface area (Å²) in [5, 5.41) is 11.1. The van der Waals surface area contributed by atoms with E-state index in [2.05, 4.69) is 21.3 Å². The Labute approximate surface area is 556 Å². The van der Waals surface area contributed by atoms with E-state index in [-0.39, 0.29) is 69.7 Å². The third-order valence-corrected chi connectivity index (χ3v) is 20.0. The van der Waals surface area contributed by atoms with Crippen LogP contribution < -0.4 is 21.3 Å². The Morgan fingerprint density at radius 1 is 0.638 bits per heavy atom. The molecule has 4 fully saturated rings. The first-order valence-corrected chi connectivity index (χ1v) is 33.5. The van der Waals surface area contributed by atoms with Crippen molar-refractivity contribution >= 4 is 76.6 Å². The number of nitrogens with zero attached hydrogens (tertiary/aromatic N) is 7. The van der Waals surface area contributed by atoms with Crippen LogP contribution in [0.2, 0.25) is 5.02 Å². The van der Waals surface area contributed by atoms with Crippen molar-refractivity contribution < 1.29 is 65.9 Å². The number of carbonyl (C=O) groups is 11. The first kappa shape index (κ1) is 75.7. The average Bonchev–Trinajstić information content (AvgIpc) is 1.54. The second-order valence-electron chi connectivity index (χ2n) is 27.2. The lowest BCUT2D eigenvalue weighted by Crippen LogP contribution is -2.64. The van der Waals surface area contributed by atoms with Crippen LogP contribution in [0.3, 0.4) is 0 Å². The monoisotopic (exact) mass is 1340 g/mol. The molecule has 9 atom stereocenters. The highest BCUT2D eigenvalue weighted by molar-refractivity contribution is 6.31. The fourth-order valence-electron chi connectivity index (χ4n) is 13.4. The molecular weight excluding hydrogens is 1240 g/mol. The molecule has 0 bridgehead atoms. The van der Waals surface area contributed by atoms with E-state index in [0.717, 1.165) is 45.2 Å². The van der Waals surface area contributed by atoms with Gasteiger partial charge in [-0.1, -0.05) is 107 Å². The molecule has 2 aromatic rings. The maximum atomic E-state index is 15.3. The van der Waals surface area contributed by atoms with Crippen molar-refractivity contribution in [2.75, 3.05) is 61.9 Å². The Morgan fingerprint density at radius 3 is 1.84 bits per heavy atom. The highest BCUT2D eigenvalue weighted by Gasteiger charge is 2.50. The molecule has 2 saturated heterocycles. The van der Waals surface area contributed by atoms with Gasteiger partial charge in [-0.15, -0.1) is 0 Å².